The fourth-order valence-electron chi connectivity index (χ4n) is 4.10. The Morgan fingerprint density at radius 1 is 0.889 bits per heavy atom. The van der Waals surface area contributed by atoms with Gasteiger partial charge in [0, 0.05) is 18.5 Å². The van der Waals surface area contributed by atoms with Gasteiger partial charge in [-0.05, 0) is 69.0 Å². The third-order valence-electron chi connectivity index (χ3n) is 5.95. The molecule has 4 nitrogen and oxygen atoms in total. The van der Waals surface area contributed by atoms with Crippen molar-refractivity contribution in [3.8, 4) is 0 Å². The number of carbonyl (C=O) groups excluding carboxylic acids is 2. The molecule has 0 heterocycles. The van der Waals surface area contributed by atoms with E-state index < -0.39 is 11.6 Å². The molecule has 0 aliphatic heterocycles. The molecule has 3 rings (SSSR count). The van der Waals surface area contributed by atoms with Crippen molar-refractivity contribution in [1.29, 1.82) is 0 Å². The second-order valence-electron chi connectivity index (χ2n) is 10.3. The van der Waals surface area contributed by atoms with Gasteiger partial charge in [0.2, 0.25) is 11.8 Å². The van der Waals surface area contributed by atoms with E-state index in [9.17, 15) is 9.59 Å². The van der Waals surface area contributed by atoms with Crippen molar-refractivity contribution < 1.29 is 9.59 Å². The maximum atomic E-state index is 13.9. The van der Waals surface area contributed by atoms with Crippen molar-refractivity contribution >= 4 is 35.0 Å². The van der Waals surface area contributed by atoms with Crippen molar-refractivity contribution in [3.05, 3.63) is 105 Å². The number of carbonyl (C=O) groups is 2. The molecule has 36 heavy (non-hydrogen) atoms. The summed E-state index contributed by atoms with van der Waals surface area (Å²) in [5.41, 5.74) is 4.42. The van der Waals surface area contributed by atoms with Gasteiger partial charge in [0.05, 0.1) is 16.5 Å². The van der Waals surface area contributed by atoms with E-state index in [0.717, 1.165) is 27.8 Å². The first-order valence-corrected chi connectivity index (χ1v) is 12.8. The Hall–Kier alpha value is -2.82. The van der Waals surface area contributed by atoms with Crippen molar-refractivity contribution in [3.63, 3.8) is 0 Å². The van der Waals surface area contributed by atoms with Crippen molar-refractivity contribution in [2.24, 2.45) is 0 Å². The molecule has 0 spiro atoms. The summed E-state index contributed by atoms with van der Waals surface area (Å²) in [5.74, 6) is -0.319. The highest BCUT2D eigenvalue weighted by Crippen LogP contribution is 2.25. The van der Waals surface area contributed by atoms with Crippen LogP contribution in [-0.4, -0.2) is 28.3 Å². The zero-order chi connectivity index (χ0) is 26.5. The second kappa shape index (κ2) is 11.9. The Morgan fingerprint density at radius 2 is 1.58 bits per heavy atom. The van der Waals surface area contributed by atoms with Crippen LogP contribution < -0.4 is 5.32 Å². The molecule has 0 saturated carbocycles. The van der Waals surface area contributed by atoms with Crippen LogP contribution in [0.15, 0.2) is 66.7 Å². The first kappa shape index (κ1) is 27.8. The highest BCUT2D eigenvalue weighted by atomic mass is 35.5. The zero-order valence-corrected chi connectivity index (χ0v) is 23.1. The Kier molecular flexibility index (Phi) is 9.21. The molecule has 190 valence electrons. The quantitative estimate of drug-likeness (QED) is 0.356. The van der Waals surface area contributed by atoms with Gasteiger partial charge in [-0.15, -0.1) is 0 Å². The number of hydrogen-bond acceptors (Lipinski definition) is 2. The van der Waals surface area contributed by atoms with E-state index in [2.05, 4.69) is 5.32 Å². The van der Waals surface area contributed by atoms with E-state index in [4.69, 9.17) is 23.2 Å². The topological polar surface area (TPSA) is 49.4 Å². The number of amides is 2. The lowest BCUT2D eigenvalue weighted by Crippen LogP contribution is -2.54. The number of nitrogens with one attached hydrogen (secondary N) is 1. The standard InChI is InChI=1S/C30H34Cl2N2O2/c1-20-11-12-21(2)24(15-20)18-28(35)34(19-23-13-14-25(31)26(32)16-23)27(29(36)33-30(3,4)5)17-22-9-7-6-8-10-22/h6-16,27H,17-19H2,1-5H3,(H,33,36). The highest BCUT2D eigenvalue weighted by molar-refractivity contribution is 6.42. The molecule has 0 aliphatic carbocycles. The summed E-state index contributed by atoms with van der Waals surface area (Å²) in [5, 5.41) is 3.94. The van der Waals surface area contributed by atoms with Gasteiger partial charge in [0.25, 0.3) is 0 Å². The van der Waals surface area contributed by atoms with Gasteiger partial charge >= 0.3 is 0 Å². The molecule has 1 N–H and O–H groups in total. The van der Waals surface area contributed by atoms with Crippen LogP contribution in [0.4, 0.5) is 0 Å². The SMILES string of the molecule is Cc1ccc(C)c(CC(=O)N(Cc2ccc(Cl)c(Cl)c2)C(Cc2ccccc2)C(=O)NC(C)(C)C)c1. The number of hydrogen-bond donors (Lipinski definition) is 1. The Balaban J connectivity index is 2.04. The van der Waals surface area contributed by atoms with Crippen LogP contribution in [0, 0.1) is 13.8 Å². The molecule has 0 aromatic heterocycles. The third-order valence-corrected chi connectivity index (χ3v) is 6.69. The average Bonchev–Trinajstić information content (AvgIpc) is 2.80. The minimum Gasteiger partial charge on any atom is -0.350 e. The maximum absolute atomic E-state index is 13.9. The molecule has 0 aliphatic rings. The molecule has 0 bridgehead atoms. The lowest BCUT2D eigenvalue weighted by molar-refractivity contribution is -0.141. The lowest BCUT2D eigenvalue weighted by Gasteiger charge is -2.34. The first-order chi connectivity index (χ1) is 16.9. The highest BCUT2D eigenvalue weighted by Gasteiger charge is 2.32. The summed E-state index contributed by atoms with van der Waals surface area (Å²) in [7, 11) is 0. The Labute approximate surface area is 224 Å². The largest absolute Gasteiger partial charge is 0.350 e. The minimum absolute atomic E-state index is 0.125. The van der Waals surface area contributed by atoms with Crippen LogP contribution in [-0.2, 0) is 29.0 Å². The molecule has 3 aromatic carbocycles. The van der Waals surface area contributed by atoms with Gasteiger partial charge in [-0.2, -0.15) is 0 Å². The lowest BCUT2D eigenvalue weighted by atomic mass is 9.98. The van der Waals surface area contributed by atoms with Gasteiger partial charge in [-0.3, -0.25) is 9.59 Å². The Morgan fingerprint density at radius 3 is 2.22 bits per heavy atom. The molecule has 2 amide bonds. The molecule has 0 fully saturated rings. The molecular formula is C30H34Cl2N2O2. The number of halogens is 2. The average molecular weight is 526 g/mol. The van der Waals surface area contributed by atoms with E-state index in [0.29, 0.717) is 16.5 Å². The summed E-state index contributed by atoms with van der Waals surface area (Å²) in [6.07, 6.45) is 0.589. The maximum Gasteiger partial charge on any atom is 0.243 e. The minimum atomic E-state index is -0.710. The smallest absolute Gasteiger partial charge is 0.243 e. The summed E-state index contributed by atoms with van der Waals surface area (Å²) in [6.45, 7) is 10.0. The fourth-order valence-corrected chi connectivity index (χ4v) is 4.42. The summed E-state index contributed by atoms with van der Waals surface area (Å²) >= 11 is 12.4. The summed E-state index contributed by atoms with van der Waals surface area (Å²) in [4.78, 5) is 29.2. The first-order valence-electron chi connectivity index (χ1n) is 12.1. The van der Waals surface area contributed by atoms with E-state index >= 15 is 0 Å². The predicted molar refractivity (Wildman–Crippen MR) is 148 cm³/mol. The van der Waals surface area contributed by atoms with Gasteiger partial charge in [-0.1, -0.05) is 83.4 Å². The summed E-state index contributed by atoms with van der Waals surface area (Å²) in [6, 6.07) is 20.5. The second-order valence-corrected chi connectivity index (χ2v) is 11.1. The molecule has 0 saturated heterocycles. The molecular weight excluding hydrogens is 491 g/mol. The van der Waals surface area contributed by atoms with E-state index in [1.54, 1.807) is 17.0 Å². The zero-order valence-electron chi connectivity index (χ0n) is 21.6. The number of nitrogens with zero attached hydrogens (tertiary/aromatic N) is 1. The monoisotopic (exact) mass is 524 g/mol. The number of benzene rings is 3. The van der Waals surface area contributed by atoms with Gasteiger partial charge in [0.15, 0.2) is 0 Å². The predicted octanol–water partition coefficient (Wildman–Crippen LogP) is 6.71. The van der Waals surface area contributed by atoms with Crippen molar-refractivity contribution in [2.75, 3.05) is 0 Å². The molecule has 1 atom stereocenters. The van der Waals surface area contributed by atoms with Crippen LogP contribution in [0.2, 0.25) is 10.0 Å². The third kappa shape index (κ3) is 7.84. The molecule has 0 radical (unpaired) electrons. The van der Waals surface area contributed by atoms with Crippen LogP contribution >= 0.6 is 23.2 Å². The number of aryl methyl sites for hydroxylation is 2. The van der Waals surface area contributed by atoms with Crippen molar-refractivity contribution in [1.82, 2.24) is 10.2 Å². The van der Waals surface area contributed by atoms with Crippen LogP contribution in [0.25, 0.3) is 0 Å². The van der Waals surface area contributed by atoms with Crippen LogP contribution in [0.3, 0.4) is 0 Å². The number of rotatable bonds is 8. The molecule has 1 unspecified atom stereocenters. The van der Waals surface area contributed by atoms with E-state index in [-0.39, 0.29) is 24.8 Å². The molecule has 6 heteroatoms. The van der Waals surface area contributed by atoms with Crippen LogP contribution in [0.5, 0.6) is 0 Å². The van der Waals surface area contributed by atoms with E-state index in [1.165, 1.54) is 0 Å². The van der Waals surface area contributed by atoms with Gasteiger partial charge < -0.3 is 10.2 Å². The Bertz CT molecular complexity index is 1220. The molecule has 3 aromatic rings. The van der Waals surface area contributed by atoms with Gasteiger partial charge in [0.1, 0.15) is 6.04 Å². The van der Waals surface area contributed by atoms with E-state index in [1.807, 2.05) is 89.2 Å². The van der Waals surface area contributed by atoms with Crippen LogP contribution in [0.1, 0.15) is 48.6 Å². The fraction of sp³-hybridized carbons (Fsp3) is 0.333. The van der Waals surface area contributed by atoms with Gasteiger partial charge in [-0.25, -0.2) is 0 Å². The van der Waals surface area contributed by atoms with Crippen molar-refractivity contribution in [2.45, 2.75) is 65.6 Å². The summed E-state index contributed by atoms with van der Waals surface area (Å²) < 4.78 is 0. The normalized spacial score (nSPS) is 12.2.